The van der Waals surface area contributed by atoms with Crippen LogP contribution in [0, 0.1) is 0 Å². The number of nitrogens with one attached hydrogen (secondary N) is 1. The molecule has 1 N–H and O–H groups in total. The second kappa shape index (κ2) is 6.20. The highest BCUT2D eigenvalue weighted by Crippen LogP contribution is 2.30. The standard InChI is InChI=1S/C16H17BrN2OS/c1-11(14-7-8-15(17)21-14)18-12-4-2-5-13(10-12)19-9-3-6-16(19)20/h2,4-5,7-8,10-11,18H,3,6,9H2,1H3. The molecule has 1 amide bonds. The Morgan fingerprint density at radius 2 is 2.19 bits per heavy atom. The second-order valence-corrected chi connectivity index (χ2v) is 7.70. The number of thiophene rings is 1. The van der Waals surface area contributed by atoms with E-state index in [4.69, 9.17) is 0 Å². The largest absolute Gasteiger partial charge is 0.378 e. The van der Waals surface area contributed by atoms with Gasteiger partial charge in [-0.15, -0.1) is 11.3 Å². The fraction of sp³-hybridized carbons (Fsp3) is 0.312. The molecule has 1 saturated heterocycles. The quantitative estimate of drug-likeness (QED) is 0.843. The van der Waals surface area contributed by atoms with E-state index in [-0.39, 0.29) is 11.9 Å². The van der Waals surface area contributed by atoms with Crippen molar-refractivity contribution in [3.05, 3.63) is 45.1 Å². The number of rotatable bonds is 4. The Morgan fingerprint density at radius 1 is 1.33 bits per heavy atom. The van der Waals surface area contributed by atoms with E-state index >= 15 is 0 Å². The third-order valence-corrected chi connectivity index (χ3v) is 5.44. The van der Waals surface area contributed by atoms with Gasteiger partial charge in [-0.25, -0.2) is 0 Å². The lowest BCUT2D eigenvalue weighted by Gasteiger charge is -2.19. The monoisotopic (exact) mass is 364 g/mol. The van der Waals surface area contributed by atoms with E-state index in [1.807, 2.05) is 23.1 Å². The van der Waals surface area contributed by atoms with Gasteiger partial charge in [-0.1, -0.05) is 6.07 Å². The van der Waals surface area contributed by atoms with Gasteiger partial charge >= 0.3 is 0 Å². The van der Waals surface area contributed by atoms with Crippen molar-refractivity contribution < 1.29 is 4.79 Å². The zero-order valence-corrected chi connectivity index (χ0v) is 14.2. The predicted octanol–water partition coefficient (Wildman–Crippen LogP) is 4.81. The zero-order valence-electron chi connectivity index (χ0n) is 11.8. The molecule has 2 heterocycles. The molecule has 5 heteroatoms. The molecule has 1 fully saturated rings. The summed E-state index contributed by atoms with van der Waals surface area (Å²) in [7, 11) is 0. The molecule has 0 spiro atoms. The number of nitrogens with zero attached hydrogens (tertiary/aromatic N) is 1. The van der Waals surface area contributed by atoms with Crippen molar-refractivity contribution in [3.63, 3.8) is 0 Å². The SMILES string of the molecule is CC(Nc1cccc(N2CCCC2=O)c1)c1ccc(Br)s1. The van der Waals surface area contributed by atoms with Gasteiger partial charge in [-0.3, -0.25) is 4.79 Å². The molecule has 0 radical (unpaired) electrons. The van der Waals surface area contributed by atoms with Gasteiger partial charge in [-0.05, 0) is 59.6 Å². The van der Waals surface area contributed by atoms with Crippen LogP contribution in [-0.4, -0.2) is 12.5 Å². The van der Waals surface area contributed by atoms with Crippen molar-refractivity contribution in [2.24, 2.45) is 0 Å². The highest BCUT2D eigenvalue weighted by molar-refractivity contribution is 9.11. The lowest BCUT2D eigenvalue weighted by atomic mass is 10.2. The van der Waals surface area contributed by atoms with Crippen LogP contribution in [0.1, 0.15) is 30.7 Å². The summed E-state index contributed by atoms with van der Waals surface area (Å²) < 4.78 is 1.14. The maximum Gasteiger partial charge on any atom is 0.227 e. The van der Waals surface area contributed by atoms with Crippen molar-refractivity contribution in [1.29, 1.82) is 0 Å². The summed E-state index contributed by atoms with van der Waals surface area (Å²) in [5.41, 5.74) is 2.03. The maximum absolute atomic E-state index is 11.8. The Balaban J connectivity index is 1.75. The van der Waals surface area contributed by atoms with Gasteiger partial charge in [0.2, 0.25) is 5.91 Å². The smallest absolute Gasteiger partial charge is 0.227 e. The van der Waals surface area contributed by atoms with Gasteiger partial charge in [0.05, 0.1) is 9.83 Å². The number of benzene rings is 1. The minimum atomic E-state index is 0.224. The maximum atomic E-state index is 11.8. The first-order chi connectivity index (χ1) is 10.1. The normalized spacial score (nSPS) is 16.3. The number of hydrogen-bond acceptors (Lipinski definition) is 3. The van der Waals surface area contributed by atoms with Crippen LogP contribution in [0.3, 0.4) is 0 Å². The van der Waals surface area contributed by atoms with Crippen LogP contribution in [0.15, 0.2) is 40.2 Å². The van der Waals surface area contributed by atoms with E-state index in [0.717, 1.165) is 28.1 Å². The van der Waals surface area contributed by atoms with Crippen molar-refractivity contribution in [2.45, 2.75) is 25.8 Å². The summed E-state index contributed by atoms with van der Waals surface area (Å²) in [6.45, 7) is 2.97. The number of halogens is 1. The summed E-state index contributed by atoms with van der Waals surface area (Å²) in [5.74, 6) is 0.224. The lowest BCUT2D eigenvalue weighted by Crippen LogP contribution is -2.23. The molecule has 0 saturated carbocycles. The van der Waals surface area contributed by atoms with E-state index in [2.05, 4.69) is 46.4 Å². The average Bonchev–Trinajstić information content (AvgIpc) is 3.08. The first-order valence-corrected chi connectivity index (χ1v) is 8.66. The van der Waals surface area contributed by atoms with Crippen molar-refractivity contribution in [2.75, 3.05) is 16.8 Å². The molecule has 1 aliphatic heterocycles. The second-order valence-electron chi connectivity index (χ2n) is 5.21. The summed E-state index contributed by atoms with van der Waals surface area (Å²) in [4.78, 5) is 15.0. The Bertz CT molecular complexity index is 655. The number of carbonyl (C=O) groups is 1. The molecule has 110 valence electrons. The van der Waals surface area contributed by atoms with Crippen LogP contribution in [0.5, 0.6) is 0 Å². The zero-order chi connectivity index (χ0) is 14.8. The van der Waals surface area contributed by atoms with E-state index in [1.165, 1.54) is 4.88 Å². The number of anilines is 2. The molecule has 1 aromatic heterocycles. The van der Waals surface area contributed by atoms with Gasteiger partial charge in [0, 0.05) is 29.2 Å². The molecule has 1 atom stereocenters. The molecule has 1 unspecified atom stereocenters. The molecule has 0 aliphatic carbocycles. The molecule has 2 aromatic rings. The highest BCUT2D eigenvalue weighted by Gasteiger charge is 2.21. The van der Waals surface area contributed by atoms with Gasteiger partial charge in [0.15, 0.2) is 0 Å². The van der Waals surface area contributed by atoms with Crippen LogP contribution in [0.25, 0.3) is 0 Å². The van der Waals surface area contributed by atoms with Crippen LogP contribution < -0.4 is 10.2 Å². The van der Waals surface area contributed by atoms with Gasteiger partial charge in [0.25, 0.3) is 0 Å². The third kappa shape index (κ3) is 3.30. The van der Waals surface area contributed by atoms with Crippen molar-refractivity contribution >= 4 is 44.5 Å². The summed E-state index contributed by atoms with van der Waals surface area (Å²) in [5, 5.41) is 3.50. The van der Waals surface area contributed by atoms with Crippen LogP contribution >= 0.6 is 27.3 Å². The molecular weight excluding hydrogens is 348 g/mol. The number of amides is 1. The van der Waals surface area contributed by atoms with Crippen LogP contribution in [0.4, 0.5) is 11.4 Å². The van der Waals surface area contributed by atoms with Crippen molar-refractivity contribution in [1.82, 2.24) is 0 Å². The van der Waals surface area contributed by atoms with E-state index in [0.29, 0.717) is 6.42 Å². The topological polar surface area (TPSA) is 32.3 Å². The molecule has 3 nitrogen and oxygen atoms in total. The summed E-state index contributed by atoms with van der Waals surface area (Å²) in [6.07, 6.45) is 1.62. The Hall–Kier alpha value is -1.33. The van der Waals surface area contributed by atoms with Gasteiger partial charge in [0.1, 0.15) is 0 Å². The predicted molar refractivity (Wildman–Crippen MR) is 92.1 cm³/mol. The fourth-order valence-corrected chi connectivity index (χ4v) is 3.99. The van der Waals surface area contributed by atoms with Crippen molar-refractivity contribution in [3.8, 4) is 0 Å². The highest BCUT2D eigenvalue weighted by atomic mass is 79.9. The summed E-state index contributed by atoms with van der Waals surface area (Å²) in [6, 6.07) is 12.5. The fourth-order valence-electron chi connectivity index (χ4n) is 2.57. The van der Waals surface area contributed by atoms with Gasteiger partial charge in [-0.2, -0.15) is 0 Å². The minimum Gasteiger partial charge on any atom is -0.378 e. The Kier molecular flexibility index (Phi) is 4.31. The van der Waals surface area contributed by atoms with Crippen LogP contribution in [-0.2, 0) is 4.79 Å². The lowest BCUT2D eigenvalue weighted by molar-refractivity contribution is -0.117. The first kappa shape index (κ1) is 14.6. The number of hydrogen-bond donors (Lipinski definition) is 1. The van der Waals surface area contributed by atoms with Gasteiger partial charge < -0.3 is 10.2 Å². The molecular formula is C16H17BrN2OS. The Labute approximate surface area is 137 Å². The number of carbonyl (C=O) groups excluding carboxylic acids is 1. The molecule has 0 bridgehead atoms. The molecule has 21 heavy (non-hydrogen) atoms. The summed E-state index contributed by atoms with van der Waals surface area (Å²) >= 11 is 5.23. The first-order valence-electron chi connectivity index (χ1n) is 7.06. The molecule has 1 aromatic carbocycles. The Morgan fingerprint density at radius 3 is 2.86 bits per heavy atom. The van der Waals surface area contributed by atoms with Crippen LogP contribution in [0.2, 0.25) is 0 Å². The molecule has 3 rings (SSSR count). The average molecular weight is 365 g/mol. The van der Waals surface area contributed by atoms with E-state index < -0.39 is 0 Å². The molecule has 1 aliphatic rings. The minimum absolute atomic E-state index is 0.224. The van der Waals surface area contributed by atoms with E-state index in [9.17, 15) is 4.79 Å². The third-order valence-electron chi connectivity index (χ3n) is 3.64. The van der Waals surface area contributed by atoms with E-state index in [1.54, 1.807) is 11.3 Å².